The number of hydrogen-bond donors (Lipinski definition) is 2. The van der Waals surface area contributed by atoms with Gasteiger partial charge < -0.3 is 15.6 Å². The van der Waals surface area contributed by atoms with Gasteiger partial charge in [0, 0.05) is 6.54 Å². The van der Waals surface area contributed by atoms with E-state index in [4.69, 9.17) is 15.6 Å². The van der Waals surface area contributed by atoms with Gasteiger partial charge in [0.1, 0.15) is 0 Å². The van der Waals surface area contributed by atoms with Crippen LogP contribution in [0.15, 0.2) is 0 Å². The molecule has 3 nitrogen and oxygen atoms in total. The zero-order valence-electron chi connectivity index (χ0n) is 12.3. The standard InChI is InChI=1S/C7H17NO2.2C3H8/c1-7(2,3)10-5-6(9)4-8;2*1-3-2/h6,9H,4-5,8H2,1-3H3;2*3H2,1-2H3. The molecule has 16 heavy (non-hydrogen) atoms. The van der Waals surface area contributed by atoms with E-state index in [1.165, 1.54) is 12.8 Å². The Bertz CT molecular complexity index is 109. The summed E-state index contributed by atoms with van der Waals surface area (Å²) in [7, 11) is 0. The first kappa shape index (κ1) is 21.2. The second-order valence-electron chi connectivity index (χ2n) is 4.73. The third-order valence-corrected chi connectivity index (χ3v) is 0.981. The van der Waals surface area contributed by atoms with E-state index in [1.54, 1.807) is 0 Å². The van der Waals surface area contributed by atoms with Crippen molar-refractivity contribution in [3.05, 3.63) is 0 Å². The van der Waals surface area contributed by atoms with Crippen LogP contribution in [0.3, 0.4) is 0 Å². The van der Waals surface area contributed by atoms with Crippen molar-refractivity contribution in [1.82, 2.24) is 0 Å². The molecule has 3 heteroatoms. The lowest BCUT2D eigenvalue weighted by molar-refractivity contribution is -0.0459. The second kappa shape index (κ2) is 14.9. The third-order valence-electron chi connectivity index (χ3n) is 0.981. The Morgan fingerprint density at radius 2 is 1.38 bits per heavy atom. The topological polar surface area (TPSA) is 55.5 Å². The summed E-state index contributed by atoms with van der Waals surface area (Å²) in [5, 5.41) is 8.97. The number of rotatable bonds is 3. The van der Waals surface area contributed by atoms with E-state index in [1.807, 2.05) is 20.8 Å². The summed E-state index contributed by atoms with van der Waals surface area (Å²) >= 11 is 0. The number of ether oxygens (including phenoxy) is 1. The summed E-state index contributed by atoms with van der Waals surface area (Å²) < 4.78 is 5.25. The predicted molar refractivity (Wildman–Crippen MR) is 72.7 cm³/mol. The van der Waals surface area contributed by atoms with E-state index in [0.29, 0.717) is 6.61 Å². The summed E-state index contributed by atoms with van der Waals surface area (Å²) in [5.41, 5.74) is 4.99. The van der Waals surface area contributed by atoms with Crippen molar-refractivity contribution in [2.24, 2.45) is 5.73 Å². The molecule has 0 saturated heterocycles. The summed E-state index contributed by atoms with van der Waals surface area (Å²) in [4.78, 5) is 0. The lowest BCUT2D eigenvalue weighted by Crippen LogP contribution is -2.30. The van der Waals surface area contributed by atoms with Gasteiger partial charge >= 0.3 is 0 Å². The monoisotopic (exact) mass is 235 g/mol. The SMILES string of the molecule is CC(C)(C)OCC(O)CN.CCC.CCC. The van der Waals surface area contributed by atoms with Gasteiger partial charge in [0.2, 0.25) is 0 Å². The number of aliphatic hydroxyl groups excluding tert-OH is 1. The van der Waals surface area contributed by atoms with Gasteiger partial charge in [0.25, 0.3) is 0 Å². The zero-order chi connectivity index (χ0) is 13.6. The van der Waals surface area contributed by atoms with Crippen LogP contribution in [0.25, 0.3) is 0 Å². The van der Waals surface area contributed by atoms with Crippen molar-refractivity contribution < 1.29 is 9.84 Å². The van der Waals surface area contributed by atoms with Crippen LogP contribution in [-0.2, 0) is 4.74 Å². The van der Waals surface area contributed by atoms with Gasteiger partial charge in [0.15, 0.2) is 0 Å². The van der Waals surface area contributed by atoms with E-state index >= 15 is 0 Å². The minimum atomic E-state index is -0.528. The van der Waals surface area contributed by atoms with Crippen molar-refractivity contribution in [2.45, 2.75) is 73.0 Å². The molecule has 1 unspecified atom stereocenters. The first-order valence-electron chi connectivity index (χ1n) is 6.30. The molecule has 0 spiro atoms. The highest BCUT2D eigenvalue weighted by Gasteiger charge is 2.11. The average Bonchev–Trinajstić information content (AvgIpc) is 2.15. The van der Waals surface area contributed by atoms with Crippen LogP contribution in [0.1, 0.15) is 61.3 Å². The molecular formula is C13H33NO2. The third kappa shape index (κ3) is 37.1. The van der Waals surface area contributed by atoms with Gasteiger partial charge in [-0.25, -0.2) is 0 Å². The molecule has 0 amide bonds. The molecule has 0 radical (unpaired) electrons. The van der Waals surface area contributed by atoms with Gasteiger partial charge in [-0.1, -0.05) is 40.5 Å². The van der Waals surface area contributed by atoms with Gasteiger partial charge in [-0.2, -0.15) is 0 Å². The number of nitrogens with two attached hydrogens (primary N) is 1. The number of hydrogen-bond acceptors (Lipinski definition) is 3. The molecule has 0 aromatic carbocycles. The molecule has 1 atom stereocenters. The smallest absolute Gasteiger partial charge is 0.0895 e. The minimum Gasteiger partial charge on any atom is -0.389 e. The Hall–Kier alpha value is -0.120. The van der Waals surface area contributed by atoms with Crippen LogP contribution in [0, 0.1) is 0 Å². The normalized spacial score (nSPS) is 11.8. The Morgan fingerprint density at radius 1 is 1.06 bits per heavy atom. The van der Waals surface area contributed by atoms with E-state index in [9.17, 15) is 0 Å². The fraction of sp³-hybridized carbons (Fsp3) is 1.00. The molecule has 0 aliphatic heterocycles. The maximum absolute atomic E-state index is 8.97. The van der Waals surface area contributed by atoms with Gasteiger partial charge in [-0.15, -0.1) is 0 Å². The van der Waals surface area contributed by atoms with Crippen LogP contribution in [-0.4, -0.2) is 30.0 Å². The minimum absolute atomic E-state index is 0.184. The first-order valence-corrected chi connectivity index (χ1v) is 6.30. The molecule has 0 fully saturated rings. The predicted octanol–water partition coefficient (Wildman–Crippen LogP) is 2.95. The van der Waals surface area contributed by atoms with Crippen LogP contribution in [0.2, 0.25) is 0 Å². The maximum atomic E-state index is 8.97. The van der Waals surface area contributed by atoms with Crippen molar-refractivity contribution in [3.8, 4) is 0 Å². The molecule has 3 N–H and O–H groups in total. The molecule has 0 aliphatic rings. The Balaban J connectivity index is -0.000000235. The summed E-state index contributed by atoms with van der Waals surface area (Å²) in [6.45, 7) is 14.9. The molecular weight excluding hydrogens is 202 g/mol. The summed E-state index contributed by atoms with van der Waals surface area (Å²) in [6, 6.07) is 0. The molecule has 0 bridgehead atoms. The van der Waals surface area contributed by atoms with Crippen molar-refractivity contribution in [3.63, 3.8) is 0 Å². The Kier molecular flexibility index (Phi) is 19.7. The van der Waals surface area contributed by atoms with E-state index in [-0.39, 0.29) is 12.1 Å². The largest absolute Gasteiger partial charge is 0.389 e. The molecule has 102 valence electrons. The summed E-state index contributed by atoms with van der Waals surface area (Å²) in [6.07, 6.45) is 1.97. The van der Waals surface area contributed by atoms with Gasteiger partial charge in [0.05, 0.1) is 18.3 Å². The maximum Gasteiger partial charge on any atom is 0.0895 e. The summed E-state index contributed by atoms with van der Waals surface area (Å²) in [5.74, 6) is 0. The lowest BCUT2D eigenvalue weighted by atomic mass is 10.2. The van der Waals surface area contributed by atoms with E-state index in [2.05, 4.69) is 27.7 Å². The molecule has 0 saturated carbocycles. The number of aliphatic hydroxyl groups is 1. The van der Waals surface area contributed by atoms with E-state index in [0.717, 1.165) is 0 Å². The van der Waals surface area contributed by atoms with Gasteiger partial charge in [-0.3, -0.25) is 0 Å². The molecule has 0 aromatic rings. The highest BCUT2D eigenvalue weighted by molar-refractivity contribution is 4.61. The Morgan fingerprint density at radius 3 is 1.56 bits per heavy atom. The molecule has 0 rings (SSSR count). The quantitative estimate of drug-likeness (QED) is 0.790. The van der Waals surface area contributed by atoms with Gasteiger partial charge in [-0.05, 0) is 20.8 Å². The average molecular weight is 235 g/mol. The van der Waals surface area contributed by atoms with Crippen LogP contribution in [0.4, 0.5) is 0 Å². The fourth-order valence-electron chi connectivity index (χ4n) is 0.414. The molecule has 0 aliphatic carbocycles. The fourth-order valence-corrected chi connectivity index (χ4v) is 0.414. The first-order chi connectivity index (χ1) is 7.28. The van der Waals surface area contributed by atoms with Crippen LogP contribution >= 0.6 is 0 Å². The molecule has 0 heterocycles. The van der Waals surface area contributed by atoms with Crippen LogP contribution < -0.4 is 5.73 Å². The van der Waals surface area contributed by atoms with E-state index < -0.39 is 6.10 Å². The zero-order valence-corrected chi connectivity index (χ0v) is 12.3. The van der Waals surface area contributed by atoms with Crippen molar-refractivity contribution in [1.29, 1.82) is 0 Å². The van der Waals surface area contributed by atoms with Crippen molar-refractivity contribution >= 4 is 0 Å². The lowest BCUT2D eigenvalue weighted by Gasteiger charge is -2.21. The Labute approximate surface area is 102 Å². The highest BCUT2D eigenvalue weighted by Crippen LogP contribution is 2.06. The molecule has 0 aromatic heterocycles. The highest BCUT2D eigenvalue weighted by atomic mass is 16.5. The second-order valence-corrected chi connectivity index (χ2v) is 4.73. The van der Waals surface area contributed by atoms with Crippen LogP contribution in [0.5, 0.6) is 0 Å². The van der Waals surface area contributed by atoms with Crippen molar-refractivity contribution in [2.75, 3.05) is 13.2 Å².